The highest BCUT2D eigenvalue weighted by Crippen LogP contribution is 2.33. The second-order valence-electron chi connectivity index (χ2n) is 3.17. The molecule has 0 atom stereocenters. The maximum atomic E-state index is 2.40. The molecular formula is C10H12. The van der Waals surface area contributed by atoms with Crippen LogP contribution in [0.2, 0.25) is 0 Å². The first-order chi connectivity index (χ1) is 4.86. The highest BCUT2D eigenvalue weighted by molar-refractivity contribution is 5.47. The van der Waals surface area contributed by atoms with E-state index in [4.69, 9.17) is 0 Å². The van der Waals surface area contributed by atoms with E-state index in [0.717, 1.165) is 5.92 Å². The van der Waals surface area contributed by atoms with E-state index >= 15 is 0 Å². The Morgan fingerprint density at radius 2 is 2.30 bits per heavy atom. The molecule has 0 aromatic carbocycles. The Morgan fingerprint density at radius 3 is 2.80 bits per heavy atom. The highest BCUT2D eigenvalue weighted by atomic mass is 14.2. The van der Waals surface area contributed by atoms with Gasteiger partial charge in [0.2, 0.25) is 0 Å². The van der Waals surface area contributed by atoms with Crippen LogP contribution in [0.4, 0.5) is 0 Å². The van der Waals surface area contributed by atoms with Crippen molar-refractivity contribution < 1.29 is 0 Å². The maximum Gasteiger partial charge on any atom is -0.0224 e. The van der Waals surface area contributed by atoms with E-state index in [1.54, 1.807) is 0 Å². The van der Waals surface area contributed by atoms with Crippen molar-refractivity contribution in [2.75, 3.05) is 0 Å². The molecule has 2 rings (SSSR count). The van der Waals surface area contributed by atoms with Gasteiger partial charge in [-0.25, -0.2) is 0 Å². The van der Waals surface area contributed by atoms with Crippen molar-refractivity contribution >= 4 is 0 Å². The molecule has 0 unspecified atom stereocenters. The van der Waals surface area contributed by atoms with Crippen LogP contribution in [0.3, 0.4) is 0 Å². The molecule has 2 aliphatic carbocycles. The Labute approximate surface area is 61.9 Å². The van der Waals surface area contributed by atoms with Crippen LogP contribution in [0.5, 0.6) is 0 Å². The molecule has 0 aromatic heterocycles. The van der Waals surface area contributed by atoms with Crippen LogP contribution >= 0.6 is 0 Å². The Bertz CT molecular complexity index is 224. The number of allylic oxidation sites excluding steroid dienone is 6. The van der Waals surface area contributed by atoms with E-state index < -0.39 is 0 Å². The molecule has 0 saturated heterocycles. The summed E-state index contributed by atoms with van der Waals surface area (Å²) in [6, 6.07) is 0. The third-order valence-electron chi connectivity index (χ3n) is 2.11. The van der Waals surface area contributed by atoms with Gasteiger partial charge in [-0.1, -0.05) is 24.3 Å². The summed E-state index contributed by atoms with van der Waals surface area (Å²) in [5.74, 6) is 0.904. The molecule has 1 fully saturated rings. The lowest BCUT2D eigenvalue weighted by molar-refractivity contribution is 1.11. The molecule has 2 aliphatic rings. The van der Waals surface area contributed by atoms with E-state index in [1.807, 2.05) is 0 Å². The average molecular weight is 132 g/mol. The minimum absolute atomic E-state index is 0.904. The summed E-state index contributed by atoms with van der Waals surface area (Å²) in [5.41, 5.74) is 2.87. The fourth-order valence-corrected chi connectivity index (χ4v) is 1.23. The van der Waals surface area contributed by atoms with Crippen LogP contribution < -0.4 is 0 Å². The van der Waals surface area contributed by atoms with E-state index in [2.05, 4.69) is 31.2 Å². The quantitative estimate of drug-likeness (QED) is 0.514. The fourth-order valence-electron chi connectivity index (χ4n) is 1.23. The summed E-state index contributed by atoms with van der Waals surface area (Å²) in [6.07, 6.45) is 11.7. The van der Waals surface area contributed by atoms with Crippen LogP contribution in [0.25, 0.3) is 0 Å². The van der Waals surface area contributed by atoms with E-state index in [0.29, 0.717) is 0 Å². The van der Waals surface area contributed by atoms with Crippen LogP contribution in [0.1, 0.15) is 19.8 Å². The Morgan fingerprint density at radius 1 is 1.50 bits per heavy atom. The van der Waals surface area contributed by atoms with Crippen molar-refractivity contribution in [3.8, 4) is 0 Å². The van der Waals surface area contributed by atoms with Crippen LogP contribution in [-0.2, 0) is 0 Å². The van der Waals surface area contributed by atoms with Crippen LogP contribution in [0, 0.1) is 5.92 Å². The SMILES string of the molecule is CC1=CC=C/C1=C/C1CC1. The molecule has 0 amide bonds. The predicted octanol–water partition coefficient (Wildman–Crippen LogP) is 2.84. The van der Waals surface area contributed by atoms with Gasteiger partial charge in [-0.2, -0.15) is 0 Å². The van der Waals surface area contributed by atoms with Crippen molar-refractivity contribution in [1.82, 2.24) is 0 Å². The lowest BCUT2D eigenvalue weighted by Crippen LogP contribution is -1.76. The smallest absolute Gasteiger partial charge is 0.0224 e. The zero-order valence-corrected chi connectivity index (χ0v) is 6.30. The van der Waals surface area contributed by atoms with Crippen molar-refractivity contribution in [2.24, 2.45) is 5.92 Å². The summed E-state index contributed by atoms with van der Waals surface area (Å²) >= 11 is 0. The van der Waals surface area contributed by atoms with Gasteiger partial charge in [0.05, 0.1) is 0 Å². The molecule has 0 aromatic rings. The second-order valence-corrected chi connectivity index (χ2v) is 3.17. The lowest BCUT2D eigenvalue weighted by atomic mass is 10.1. The van der Waals surface area contributed by atoms with Gasteiger partial charge in [-0.15, -0.1) is 0 Å². The highest BCUT2D eigenvalue weighted by Gasteiger charge is 2.19. The average Bonchev–Trinajstić information content (AvgIpc) is 2.62. The summed E-state index contributed by atoms with van der Waals surface area (Å²) in [4.78, 5) is 0. The molecule has 1 saturated carbocycles. The van der Waals surface area contributed by atoms with Gasteiger partial charge in [-0.3, -0.25) is 0 Å². The fraction of sp³-hybridized carbons (Fsp3) is 0.400. The van der Waals surface area contributed by atoms with Crippen LogP contribution in [-0.4, -0.2) is 0 Å². The van der Waals surface area contributed by atoms with E-state index in [9.17, 15) is 0 Å². The van der Waals surface area contributed by atoms with Gasteiger partial charge >= 0.3 is 0 Å². The predicted molar refractivity (Wildman–Crippen MR) is 43.7 cm³/mol. The molecule has 0 heterocycles. The summed E-state index contributed by atoms with van der Waals surface area (Å²) in [5, 5.41) is 0. The van der Waals surface area contributed by atoms with Crippen molar-refractivity contribution in [2.45, 2.75) is 19.8 Å². The second kappa shape index (κ2) is 2.12. The lowest BCUT2D eigenvalue weighted by Gasteiger charge is -1.94. The molecule has 0 heteroatoms. The molecule has 10 heavy (non-hydrogen) atoms. The minimum Gasteiger partial charge on any atom is -0.0739 e. The molecule has 52 valence electrons. The first-order valence-electron chi connectivity index (χ1n) is 3.93. The van der Waals surface area contributed by atoms with E-state index in [1.165, 1.54) is 24.0 Å². The van der Waals surface area contributed by atoms with Crippen molar-refractivity contribution in [3.05, 3.63) is 35.5 Å². The summed E-state index contributed by atoms with van der Waals surface area (Å²) in [7, 11) is 0. The molecule has 0 aliphatic heterocycles. The Balaban J connectivity index is 2.16. The molecule has 0 N–H and O–H groups in total. The molecular weight excluding hydrogens is 120 g/mol. The third-order valence-corrected chi connectivity index (χ3v) is 2.11. The molecule has 0 nitrogen and oxygen atoms in total. The van der Waals surface area contributed by atoms with Crippen molar-refractivity contribution in [3.63, 3.8) is 0 Å². The van der Waals surface area contributed by atoms with Gasteiger partial charge in [0.15, 0.2) is 0 Å². The third kappa shape index (κ3) is 1.06. The van der Waals surface area contributed by atoms with Gasteiger partial charge in [-0.05, 0) is 36.8 Å². The van der Waals surface area contributed by atoms with Crippen LogP contribution in [0.15, 0.2) is 35.5 Å². The maximum absolute atomic E-state index is 2.40. The topological polar surface area (TPSA) is 0 Å². The molecule has 0 radical (unpaired) electrons. The van der Waals surface area contributed by atoms with Gasteiger partial charge in [0.25, 0.3) is 0 Å². The molecule has 0 spiro atoms. The van der Waals surface area contributed by atoms with Gasteiger partial charge < -0.3 is 0 Å². The minimum atomic E-state index is 0.904. The van der Waals surface area contributed by atoms with E-state index in [-0.39, 0.29) is 0 Å². The molecule has 0 bridgehead atoms. The van der Waals surface area contributed by atoms with Gasteiger partial charge in [0.1, 0.15) is 0 Å². The normalized spacial score (nSPS) is 27.7. The monoisotopic (exact) mass is 132 g/mol. The number of rotatable bonds is 1. The van der Waals surface area contributed by atoms with Crippen molar-refractivity contribution in [1.29, 1.82) is 0 Å². The summed E-state index contributed by atoms with van der Waals surface area (Å²) < 4.78 is 0. The summed E-state index contributed by atoms with van der Waals surface area (Å²) in [6.45, 7) is 2.17. The largest absolute Gasteiger partial charge is 0.0739 e. The zero-order chi connectivity index (χ0) is 6.97. The number of hydrogen-bond acceptors (Lipinski definition) is 0. The Kier molecular flexibility index (Phi) is 1.26. The standard InChI is InChI=1S/C10H12/c1-8-3-2-4-10(8)7-9-5-6-9/h2-4,7,9H,5-6H2,1H3/b10-7-. The zero-order valence-electron chi connectivity index (χ0n) is 6.30. The Hall–Kier alpha value is -0.780. The first kappa shape index (κ1) is 5.96. The first-order valence-corrected chi connectivity index (χ1v) is 3.93. The van der Waals surface area contributed by atoms with Gasteiger partial charge in [0, 0.05) is 0 Å². The number of hydrogen-bond donors (Lipinski definition) is 0.